The van der Waals surface area contributed by atoms with Crippen molar-refractivity contribution in [3.8, 4) is 11.1 Å². The number of hydrogen-bond acceptors (Lipinski definition) is 5. The highest BCUT2D eigenvalue weighted by Crippen LogP contribution is 2.28. The Labute approximate surface area is 164 Å². The van der Waals surface area contributed by atoms with E-state index in [1.54, 1.807) is 12.1 Å². The Morgan fingerprint density at radius 2 is 1.66 bits per heavy atom. The van der Waals surface area contributed by atoms with E-state index in [9.17, 15) is 19.7 Å². The quantitative estimate of drug-likeness (QED) is 0.313. The van der Waals surface area contributed by atoms with E-state index < -0.39 is 16.5 Å². The van der Waals surface area contributed by atoms with Crippen molar-refractivity contribution >= 4 is 28.3 Å². The number of amides is 1. The van der Waals surface area contributed by atoms with Gasteiger partial charge in [0.25, 0.3) is 11.6 Å². The van der Waals surface area contributed by atoms with E-state index in [0.717, 1.165) is 11.1 Å². The monoisotopic (exact) mass is 386 g/mol. The number of carbonyl (C=O) groups excluding carboxylic acids is 1. The standard InChI is InChI=1S/C22H14N2O5/c25-21(23-19-9-5-4-8-17(19)14-6-2-1-3-7-14)18-13-15-12-16(24(27)28)10-11-20(15)29-22(18)26/h1-13H,(H,23,25). The second-order valence-corrected chi connectivity index (χ2v) is 6.29. The number of nitro benzene ring substituents is 1. The van der Waals surface area contributed by atoms with Crippen LogP contribution in [-0.2, 0) is 0 Å². The Hall–Kier alpha value is -4.26. The minimum absolute atomic E-state index is 0.160. The molecule has 3 aromatic carbocycles. The summed E-state index contributed by atoms with van der Waals surface area (Å²) >= 11 is 0. The number of fused-ring (bicyclic) bond motifs is 1. The first-order valence-electron chi connectivity index (χ1n) is 8.71. The van der Waals surface area contributed by atoms with Crippen molar-refractivity contribution in [3.63, 3.8) is 0 Å². The molecule has 0 unspecified atom stereocenters. The molecule has 1 N–H and O–H groups in total. The second-order valence-electron chi connectivity index (χ2n) is 6.29. The van der Waals surface area contributed by atoms with Gasteiger partial charge in [-0.1, -0.05) is 48.5 Å². The van der Waals surface area contributed by atoms with Crippen molar-refractivity contribution in [2.45, 2.75) is 0 Å². The first-order valence-corrected chi connectivity index (χ1v) is 8.71. The van der Waals surface area contributed by atoms with Gasteiger partial charge in [0.1, 0.15) is 11.1 Å². The van der Waals surface area contributed by atoms with E-state index >= 15 is 0 Å². The molecule has 0 saturated carbocycles. The summed E-state index contributed by atoms with van der Waals surface area (Å²) in [6.45, 7) is 0. The summed E-state index contributed by atoms with van der Waals surface area (Å²) in [5.74, 6) is -0.657. The van der Waals surface area contributed by atoms with Crippen LogP contribution in [0.3, 0.4) is 0 Å². The normalized spacial score (nSPS) is 10.6. The molecule has 0 bridgehead atoms. The average Bonchev–Trinajstić information content (AvgIpc) is 2.73. The molecule has 1 aromatic heterocycles. The van der Waals surface area contributed by atoms with Gasteiger partial charge in [-0.3, -0.25) is 14.9 Å². The van der Waals surface area contributed by atoms with Crippen molar-refractivity contribution < 1.29 is 14.1 Å². The highest BCUT2D eigenvalue weighted by atomic mass is 16.6. The first-order chi connectivity index (χ1) is 14.0. The Morgan fingerprint density at radius 1 is 0.931 bits per heavy atom. The average molecular weight is 386 g/mol. The van der Waals surface area contributed by atoms with Crippen molar-refractivity contribution in [2.75, 3.05) is 5.32 Å². The molecule has 1 amide bonds. The van der Waals surface area contributed by atoms with Gasteiger partial charge in [-0.25, -0.2) is 4.79 Å². The maximum atomic E-state index is 12.8. The molecule has 0 radical (unpaired) electrons. The third kappa shape index (κ3) is 3.61. The van der Waals surface area contributed by atoms with E-state index in [-0.39, 0.29) is 16.8 Å². The van der Waals surface area contributed by atoms with Crippen LogP contribution in [-0.4, -0.2) is 10.8 Å². The molecular weight excluding hydrogens is 372 g/mol. The lowest BCUT2D eigenvalue weighted by Gasteiger charge is -2.11. The molecule has 0 aliphatic carbocycles. The SMILES string of the molecule is O=C(Nc1ccccc1-c1ccccc1)c1cc2cc([N+](=O)[O-])ccc2oc1=O. The number of nitrogens with one attached hydrogen (secondary N) is 1. The predicted octanol–water partition coefficient (Wildman–Crippen LogP) is 4.62. The topological polar surface area (TPSA) is 102 Å². The Bertz CT molecular complexity index is 1300. The van der Waals surface area contributed by atoms with Gasteiger partial charge in [0.05, 0.1) is 4.92 Å². The molecule has 0 aliphatic rings. The second kappa shape index (κ2) is 7.40. The smallest absolute Gasteiger partial charge is 0.349 e. The van der Waals surface area contributed by atoms with Gasteiger partial charge >= 0.3 is 5.63 Å². The molecule has 1 heterocycles. The summed E-state index contributed by atoms with van der Waals surface area (Å²) in [6.07, 6.45) is 0. The number of anilines is 1. The summed E-state index contributed by atoms with van der Waals surface area (Å²) in [7, 11) is 0. The lowest BCUT2D eigenvalue weighted by atomic mass is 10.0. The minimum atomic E-state index is -0.818. The molecule has 4 rings (SSSR count). The maximum absolute atomic E-state index is 12.8. The van der Waals surface area contributed by atoms with Crippen molar-refractivity contribution in [3.05, 3.63) is 105 Å². The molecule has 0 spiro atoms. The zero-order chi connectivity index (χ0) is 20.4. The van der Waals surface area contributed by atoms with Gasteiger partial charge in [0, 0.05) is 28.8 Å². The molecule has 142 valence electrons. The van der Waals surface area contributed by atoms with E-state index in [2.05, 4.69) is 5.32 Å². The third-order valence-electron chi connectivity index (χ3n) is 4.43. The van der Waals surface area contributed by atoms with Crippen molar-refractivity contribution in [1.29, 1.82) is 0 Å². The summed E-state index contributed by atoms with van der Waals surface area (Å²) in [4.78, 5) is 35.5. The molecule has 0 atom stereocenters. The van der Waals surface area contributed by atoms with E-state index in [0.29, 0.717) is 11.1 Å². The van der Waals surface area contributed by atoms with Crippen molar-refractivity contribution in [2.24, 2.45) is 0 Å². The van der Waals surface area contributed by atoms with Crippen LogP contribution < -0.4 is 10.9 Å². The fraction of sp³-hybridized carbons (Fsp3) is 0. The molecule has 29 heavy (non-hydrogen) atoms. The van der Waals surface area contributed by atoms with Gasteiger partial charge in [0.15, 0.2) is 0 Å². The number of nitro groups is 1. The van der Waals surface area contributed by atoms with Crippen LogP contribution >= 0.6 is 0 Å². The van der Waals surface area contributed by atoms with E-state index in [4.69, 9.17) is 4.42 Å². The molecule has 4 aromatic rings. The molecule has 0 aliphatic heterocycles. The lowest BCUT2D eigenvalue weighted by Crippen LogP contribution is -2.21. The number of benzene rings is 3. The van der Waals surface area contributed by atoms with Crippen molar-refractivity contribution in [1.82, 2.24) is 0 Å². The lowest BCUT2D eigenvalue weighted by molar-refractivity contribution is -0.384. The number of para-hydroxylation sites is 1. The minimum Gasteiger partial charge on any atom is -0.422 e. The Balaban J connectivity index is 1.73. The first kappa shape index (κ1) is 18.1. The number of hydrogen-bond donors (Lipinski definition) is 1. The highest BCUT2D eigenvalue weighted by Gasteiger charge is 2.17. The zero-order valence-electron chi connectivity index (χ0n) is 15.0. The Morgan fingerprint density at radius 3 is 2.41 bits per heavy atom. The van der Waals surface area contributed by atoms with Crippen LogP contribution in [0, 0.1) is 10.1 Å². The number of non-ortho nitro benzene ring substituents is 1. The summed E-state index contributed by atoms with van der Waals surface area (Å²) in [5, 5.41) is 14.0. The maximum Gasteiger partial charge on any atom is 0.349 e. The van der Waals surface area contributed by atoms with Gasteiger partial charge in [-0.2, -0.15) is 0 Å². The van der Waals surface area contributed by atoms with Crippen LogP contribution in [0.5, 0.6) is 0 Å². The molecule has 7 heteroatoms. The van der Waals surface area contributed by atoms with Crippen LogP contribution in [0.2, 0.25) is 0 Å². The van der Waals surface area contributed by atoms with Crippen LogP contribution in [0.4, 0.5) is 11.4 Å². The van der Waals surface area contributed by atoms with Gasteiger partial charge in [-0.15, -0.1) is 0 Å². The third-order valence-corrected chi connectivity index (χ3v) is 4.43. The predicted molar refractivity (Wildman–Crippen MR) is 109 cm³/mol. The highest BCUT2D eigenvalue weighted by molar-refractivity contribution is 6.07. The number of carbonyl (C=O) groups is 1. The van der Waals surface area contributed by atoms with Gasteiger partial charge in [-0.05, 0) is 23.8 Å². The van der Waals surface area contributed by atoms with Gasteiger partial charge in [0.2, 0.25) is 0 Å². The van der Waals surface area contributed by atoms with E-state index in [1.165, 1.54) is 24.3 Å². The van der Waals surface area contributed by atoms with Crippen LogP contribution in [0.25, 0.3) is 22.1 Å². The number of rotatable bonds is 4. The molecule has 0 fully saturated rings. The summed E-state index contributed by atoms with van der Waals surface area (Å²) in [6, 6.07) is 21.8. The number of nitrogens with zero attached hydrogens (tertiary/aromatic N) is 1. The van der Waals surface area contributed by atoms with Crippen LogP contribution in [0.15, 0.2) is 88.1 Å². The Kier molecular flexibility index (Phi) is 4.62. The summed E-state index contributed by atoms with van der Waals surface area (Å²) < 4.78 is 5.16. The zero-order valence-corrected chi connectivity index (χ0v) is 15.0. The van der Waals surface area contributed by atoms with Gasteiger partial charge < -0.3 is 9.73 Å². The van der Waals surface area contributed by atoms with E-state index in [1.807, 2.05) is 42.5 Å². The molecule has 7 nitrogen and oxygen atoms in total. The fourth-order valence-electron chi connectivity index (χ4n) is 3.03. The molecule has 0 saturated heterocycles. The fourth-order valence-corrected chi connectivity index (χ4v) is 3.03. The molecular formula is C22H14N2O5. The largest absolute Gasteiger partial charge is 0.422 e. The van der Waals surface area contributed by atoms with Crippen LogP contribution in [0.1, 0.15) is 10.4 Å². The summed E-state index contributed by atoms with van der Waals surface area (Å²) in [5.41, 5.74) is 1.19.